The lowest BCUT2D eigenvalue weighted by atomic mass is 9.92. The number of carbonyl (C=O) groups is 1. The minimum absolute atomic E-state index is 0.175. The lowest BCUT2D eigenvalue weighted by Crippen LogP contribution is -2.19. The summed E-state index contributed by atoms with van der Waals surface area (Å²) in [6.07, 6.45) is 0.529. The van der Waals surface area contributed by atoms with Gasteiger partial charge in [-0.2, -0.15) is 0 Å². The third-order valence-electron chi connectivity index (χ3n) is 3.41. The summed E-state index contributed by atoms with van der Waals surface area (Å²) in [7, 11) is 1.58. The largest absolute Gasteiger partial charge is 0.497 e. The molecule has 1 atom stereocenters. The van der Waals surface area contributed by atoms with Crippen LogP contribution in [0, 0.1) is 11.7 Å². The van der Waals surface area contributed by atoms with Crippen LogP contribution in [0.25, 0.3) is 0 Å². The topological polar surface area (TPSA) is 46.5 Å². The predicted molar refractivity (Wildman–Crippen MR) is 77.9 cm³/mol. The summed E-state index contributed by atoms with van der Waals surface area (Å²) in [4.78, 5) is 11.4. The Morgan fingerprint density at radius 1 is 1.14 bits per heavy atom. The minimum Gasteiger partial charge on any atom is -0.497 e. The molecule has 0 aliphatic rings. The highest BCUT2D eigenvalue weighted by molar-refractivity contribution is 5.71. The van der Waals surface area contributed by atoms with E-state index in [1.54, 1.807) is 37.4 Å². The number of benzene rings is 2. The van der Waals surface area contributed by atoms with Crippen molar-refractivity contribution in [3.63, 3.8) is 0 Å². The fourth-order valence-electron chi connectivity index (χ4n) is 2.22. The molecular formula is C17H17FO3. The van der Waals surface area contributed by atoms with Crippen molar-refractivity contribution in [1.29, 1.82) is 0 Å². The number of carboxylic acids is 1. The molecule has 0 saturated heterocycles. The van der Waals surface area contributed by atoms with E-state index >= 15 is 0 Å². The number of ether oxygens (including phenoxy) is 1. The lowest BCUT2D eigenvalue weighted by molar-refractivity contribution is -0.141. The molecule has 0 aliphatic carbocycles. The van der Waals surface area contributed by atoms with Crippen molar-refractivity contribution in [3.05, 3.63) is 65.5 Å². The van der Waals surface area contributed by atoms with E-state index in [1.807, 2.05) is 12.1 Å². The molecular weight excluding hydrogens is 271 g/mol. The van der Waals surface area contributed by atoms with Gasteiger partial charge in [0.05, 0.1) is 13.0 Å². The molecule has 0 saturated carbocycles. The van der Waals surface area contributed by atoms with Crippen LogP contribution in [0.2, 0.25) is 0 Å². The van der Waals surface area contributed by atoms with Gasteiger partial charge in [0.1, 0.15) is 11.6 Å². The van der Waals surface area contributed by atoms with Crippen molar-refractivity contribution in [2.24, 2.45) is 5.92 Å². The number of methoxy groups -OCH3 is 1. The van der Waals surface area contributed by atoms with E-state index in [1.165, 1.54) is 6.07 Å². The van der Waals surface area contributed by atoms with E-state index in [4.69, 9.17) is 4.74 Å². The molecule has 0 amide bonds. The maximum atomic E-state index is 13.6. The molecule has 0 radical (unpaired) electrons. The molecule has 2 aromatic rings. The van der Waals surface area contributed by atoms with Crippen LogP contribution in [0.5, 0.6) is 5.75 Å². The molecule has 1 unspecified atom stereocenters. The summed E-state index contributed by atoms with van der Waals surface area (Å²) in [6.45, 7) is 0. The van der Waals surface area contributed by atoms with Crippen molar-refractivity contribution in [3.8, 4) is 5.75 Å². The number of halogens is 1. The first-order valence-corrected chi connectivity index (χ1v) is 6.69. The summed E-state index contributed by atoms with van der Waals surface area (Å²) in [5, 5.41) is 9.34. The number of rotatable bonds is 6. The van der Waals surface area contributed by atoms with Gasteiger partial charge < -0.3 is 9.84 Å². The smallest absolute Gasteiger partial charge is 0.307 e. The Morgan fingerprint density at radius 3 is 2.38 bits per heavy atom. The van der Waals surface area contributed by atoms with Crippen LogP contribution in [0.3, 0.4) is 0 Å². The zero-order valence-corrected chi connectivity index (χ0v) is 11.8. The second kappa shape index (κ2) is 6.88. The second-order valence-electron chi connectivity index (χ2n) is 4.88. The Bertz CT molecular complexity index is 608. The Labute approximate surface area is 123 Å². The molecule has 1 N–H and O–H groups in total. The van der Waals surface area contributed by atoms with Gasteiger partial charge in [0.15, 0.2) is 0 Å². The maximum Gasteiger partial charge on any atom is 0.307 e. The number of hydrogen-bond donors (Lipinski definition) is 1. The average molecular weight is 288 g/mol. The number of carboxylic acid groups (broad SMARTS) is 1. The highest BCUT2D eigenvalue weighted by Crippen LogP contribution is 2.19. The van der Waals surface area contributed by atoms with E-state index in [2.05, 4.69) is 0 Å². The van der Waals surface area contributed by atoms with E-state index in [0.29, 0.717) is 12.0 Å². The molecule has 0 aromatic heterocycles. The van der Waals surface area contributed by atoms with Crippen LogP contribution >= 0.6 is 0 Å². The number of aliphatic carboxylic acids is 1. The fraction of sp³-hybridized carbons (Fsp3) is 0.235. The van der Waals surface area contributed by atoms with Crippen LogP contribution in [0.15, 0.2) is 48.5 Å². The van der Waals surface area contributed by atoms with Crippen molar-refractivity contribution in [1.82, 2.24) is 0 Å². The van der Waals surface area contributed by atoms with E-state index < -0.39 is 11.9 Å². The molecule has 2 rings (SSSR count). The average Bonchev–Trinajstić information content (AvgIpc) is 2.49. The predicted octanol–water partition coefficient (Wildman–Crippen LogP) is 3.32. The quantitative estimate of drug-likeness (QED) is 0.887. The van der Waals surface area contributed by atoms with E-state index in [-0.39, 0.29) is 12.2 Å². The van der Waals surface area contributed by atoms with Crippen LogP contribution < -0.4 is 4.74 Å². The van der Waals surface area contributed by atoms with Gasteiger partial charge in [-0.3, -0.25) is 4.79 Å². The Balaban J connectivity index is 2.12. The van der Waals surface area contributed by atoms with Gasteiger partial charge in [-0.15, -0.1) is 0 Å². The van der Waals surface area contributed by atoms with E-state index in [0.717, 1.165) is 11.3 Å². The van der Waals surface area contributed by atoms with Gasteiger partial charge in [0.25, 0.3) is 0 Å². The Morgan fingerprint density at radius 2 is 1.81 bits per heavy atom. The molecule has 0 spiro atoms. The standard InChI is InChI=1S/C17H17FO3/c1-21-15-8-6-12(7-9-15)10-14(17(19)20)11-13-4-2-3-5-16(13)18/h2-9,14H,10-11H2,1H3,(H,19,20). The third-order valence-corrected chi connectivity index (χ3v) is 3.41. The fourth-order valence-corrected chi connectivity index (χ4v) is 2.22. The Hall–Kier alpha value is -2.36. The molecule has 0 bridgehead atoms. The normalized spacial score (nSPS) is 11.9. The minimum atomic E-state index is -0.922. The van der Waals surface area contributed by atoms with Gasteiger partial charge >= 0.3 is 5.97 Å². The van der Waals surface area contributed by atoms with Crippen LogP contribution in [-0.4, -0.2) is 18.2 Å². The first-order chi connectivity index (χ1) is 10.1. The molecule has 21 heavy (non-hydrogen) atoms. The highest BCUT2D eigenvalue weighted by Gasteiger charge is 2.20. The van der Waals surface area contributed by atoms with Crippen LogP contribution in [0.1, 0.15) is 11.1 Å². The molecule has 0 aliphatic heterocycles. The summed E-state index contributed by atoms with van der Waals surface area (Å²) in [6, 6.07) is 13.5. The SMILES string of the molecule is COc1ccc(CC(Cc2ccccc2F)C(=O)O)cc1. The Kier molecular flexibility index (Phi) is 4.93. The third kappa shape index (κ3) is 4.05. The highest BCUT2D eigenvalue weighted by atomic mass is 19.1. The second-order valence-corrected chi connectivity index (χ2v) is 4.88. The van der Waals surface area contributed by atoms with Gasteiger partial charge in [-0.05, 0) is 42.2 Å². The molecule has 110 valence electrons. The summed E-state index contributed by atoms with van der Waals surface area (Å²) in [5.41, 5.74) is 1.32. The molecule has 2 aromatic carbocycles. The van der Waals surface area contributed by atoms with E-state index in [9.17, 15) is 14.3 Å². The molecule has 0 fully saturated rings. The van der Waals surface area contributed by atoms with Gasteiger partial charge in [0.2, 0.25) is 0 Å². The van der Waals surface area contributed by atoms with Gasteiger partial charge in [0, 0.05) is 0 Å². The first kappa shape index (κ1) is 15.0. The molecule has 3 nitrogen and oxygen atoms in total. The zero-order valence-electron chi connectivity index (χ0n) is 11.8. The first-order valence-electron chi connectivity index (χ1n) is 6.69. The number of hydrogen-bond acceptors (Lipinski definition) is 2. The maximum absolute atomic E-state index is 13.6. The van der Waals surface area contributed by atoms with Crippen molar-refractivity contribution in [2.75, 3.05) is 7.11 Å². The lowest BCUT2D eigenvalue weighted by Gasteiger charge is -2.13. The van der Waals surface area contributed by atoms with Gasteiger partial charge in [-0.1, -0.05) is 30.3 Å². The summed E-state index contributed by atoms with van der Waals surface area (Å²) >= 11 is 0. The zero-order chi connectivity index (χ0) is 15.2. The summed E-state index contributed by atoms with van der Waals surface area (Å²) in [5.74, 6) is -1.22. The monoisotopic (exact) mass is 288 g/mol. The van der Waals surface area contributed by atoms with Crippen molar-refractivity contribution >= 4 is 5.97 Å². The summed E-state index contributed by atoms with van der Waals surface area (Å²) < 4.78 is 18.7. The van der Waals surface area contributed by atoms with Crippen LogP contribution in [-0.2, 0) is 17.6 Å². The molecule has 0 heterocycles. The van der Waals surface area contributed by atoms with Crippen LogP contribution in [0.4, 0.5) is 4.39 Å². The van der Waals surface area contributed by atoms with Crippen molar-refractivity contribution in [2.45, 2.75) is 12.8 Å². The van der Waals surface area contributed by atoms with Gasteiger partial charge in [-0.25, -0.2) is 4.39 Å². The van der Waals surface area contributed by atoms with Crippen molar-refractivity contribution < 1.29 is 19.0 Å². The molecule has 4 heteroatoms.